The van der Waals surface area contributed by atoms with Crippen LogP contribution in [0.2, 0.25) is 0 Å². The van der Waals surface area contributed by atoms with Gasteiger partial charge in [-0.05, 0) is 99.1 Å². The van der Waals surface area contributed by atoms with Crippen molar-refractivity contribution in [1.29, 1.82) is 0 Å². The lowest BCUT2D eigenvalue weighted by atomic mass is 10.2. The van der Waals surface area contributed by atoms with Crippen molar-refractivity contribution >= 4 is 49.8 Å². The van der Waals surface area contributed by atoms with Crippen LogP contribution in [-0.2, 0) is 13.8 Å². The minimum Gasteiger partial charge on any atom is -0.491 e. The number of esters is 1. The second kappa shape index (κ2) is 14.4. The Hall–Kier alpha value is -1.06. The van der Waals surface area contributed by atoms with Crippen LogP contribution < -0.4 is 14.8 Å². The van der Waals surface area contributed by atoms with E-state index in [1.165, 1.54) is 0 Å². The number of ether oxygens (including phenoxy) is 3. The second-order valence-corrected chi connectivity index (χ2v) is 11.9. The standard InChI is InChI=1S/C24H32IO6PS/c1-16(2)28-21-13-19(24(26)27-11-12-33-25)14-22(15-21)29-20-7-9-23(10-8-20)32(30-17(3)4)31-18(5)6/h7-10,13-18H,11-12H2,1-6H3. The highest BCUT2D eigenvalue weighted by molar-refractivity contribution is 14.2. The minimum absolute atomic E-state index is 0.0417. The number of hydrogen-bond donors (Lipinski definition) is 0. The fourth-order valence-corrected chi connectivity index (χ4v) is 4.78. The molecule has 0 amide bonds. The molecule has 33 heavy (non-hydrogen) atoms. The van der Waals surface area contributed by atoms with E-state index in [2.05, 4.69) is 21.2 Å². The fraction of sp³-hybridized carbons (Fsp3) is 0.458. The third-order valence-corrected chi connectivity index (χ3v) is 7.37. The smallest absolute Gasteiger partial charge is 0.338 e. The molecule has 2 aromatic rings. The summed E-state index contributed by atoms with van der Waals surface area (Å²) in [4.78, 5) is 12.5. The van der Waals surface area contributed by atoms with Gasteiger partial charge in [0.15, 0.2) is 0 Å². The van der Waals surface area contributed by atoms with Crippen molar-refractivity contribution in [2.45, 2.75) is 59.9 Å². The molecule has 0 atom stereocenters. The molecule has 0 aromatic heterocycles. The van der Waals surface area contributed by atoms with Gasteiger partial charge in [-0.2, -0.15) is 0 Å². The molecule has 0 heterocycles. The summed E-state index contributed by atoms with van der Waals surface area (Å²) in [7, 11) is 0.409. The Balaban J connectivity index is 2.22. The molecule has 0 saturated carbocycles. The molecule has 0 aliphatic carbocycles. The molecule has 2 aromatic carbocycles. The van der Waals surface area contributed by atoms with Gasteiger partial charge in [-0.25, -0.2) is 4.79 Å². The van der Waals surface area contributed by atoms with E-state index in [1.54, 1.807) is 27.1 Å². The Bertz CT molecular complexity index is 866. The first kappa shape index (κ1) is 28.2. The molecule has 0 aliphatic rings. The number of carbonyl (C=O) groups is 1. The van der Waals surface area contributed by atoms with Crippen LogP contribution in [0.4, 0.5) is 0 Å². The lowest BCUT2D eigenvalue weighted by Gasteiger charge is -2.22. The first-order valence-electron chi connectivity index (χ1n) is 10.8. The molecule has 0 aliphatic heterocycles. The molecule has 0 spiro atoms. The average molecular weight is 606 g/mol. The largest absolute Gasteiger partial charge is 0.491 e. The topological polar surface area (TPSA) is 63.2 Å². The summed E-state index contributed by atoms with van der Waals surface area (Å²) in [5.41, 5.74) is 0.386. The Morgan fingerprint density at radius 3 is 2.03 bits per heavy atom. The average Bonchev–Trinajstić information content (AvgIpc) is 2.72. The van der Waals surface area contributed by atoms with Crippen molar-refractivity contribution < 1.29 is 28.1 Å². The van der Waals surface area contributed by atoms with Crippen LogP contribution in [0.3, 0.4) is 0 Å². The molecule has 0 unspecified atom stereocenters. The zero-order valence-corrected chi connectivity index (χ0v) is 23.7. The number of rotatable bonds is 13. The molecular formula is C24H32IO6PS. The van der Waals surface area contributed by atoms with Crippen molar-refractivity contribution in [1.82, 2.24) is 0 Å². The van der Waals surface area contributed by atoms with Crippen molar-refractivity contribution in [2.75, 3.05) is 12.4 Å². The monoisotopic (exact) mass is 606 g/mol. The van der Waals surface area contributed by atoms with E-state index < -0.39 is 14.3 Å². The number of benzene rings is 2. The second-order valence-electron chi connectivity index (χ2n) is 7.97. The van der Waals surface area contributed by atoms with Gasteiger partial charge in [0.2, 0.25) is 8.38 Å². The molecule has 9 heteroatoms. The molecule has 182 valence electrons. The Labute approximate surface area is 214 Å². The molecule has 0 bridgehead atoms. The third kappa shape index (κ3) is 10.4. The van der Waals surface area contributed by atoms with E-state index >= 15 is 0 Å². The van der Waals surface area contributed by atoms with Gasteiger partial charge in [-0.15, -0.1) is 0 Å². The van der Waals surface area contributed by atoms with Crippen LogP contribution in [0.5, 0.6) is 17.2 Å². The molecular weight excluding hydrogens is 574 g/mol. The number of hydrogen-bond acceptors (Lipinski definition) is 7. The highest BCUT2D eigenvalue weighted by Crippen LogP contribution is 2.40. The van der Waals surface area contributed by atoms with Crippen molar-refractivity contribution in [3.05, 3.63) is 48.0 Å². The van der Waals surface area contributed by atoms with Gasteiger partial charge >= 0.3 is 5.97 Å². The molecule has 0 N–H and O–H groups in total. The van der Waals surface area contributed by atoms with E-state index in [0.717, 1.165) is 11.1 Å². The van der Waals surface area contributed by atoms with E-state index in [-0.39, 0.29) is 18.3 Å². The van der Waals surface area contributed by atoms with Crippen LogP contribution in [0.1, 0.15) is 51.9 Å². The maximum Gasteiger partial charge on any atom is 0.338 e. The van der Waals surface area contributed by atoms with Gasteiger partial charge in [-0.3, -0.25) is 0 Å². The molecule has 0 fully saturated rings. The predicted molar refractivity (Wildman–Crippen MR) is 144 cm³/mol. The van der Waals surface area contributed by atoms with Crippen molar-refractivity contribution in [3.8, 4) is 17.2 Å². The summed E-state index contributed by atoms with van der Waals surface area (Å²) in [5.74, 6) is 2.00. The molecule has 0 radical (unpaired) electrons. The van der Waals surface area contributed by atoms with E-state index in [4.69, 9.17) is 23.3 Å². The zero-order chi connectivity index (χ0) is 24.4. The van der Waals surface area contributed by atoms with Gasteiger partial charge in [0.05, 0.1) is 23.9 Å². The predicted octanol–water partition coefficient (Wildman–Crippen LogP) is 7.29. The van der Waals surface area contributed by atoms with Crippen molar-refractivity contribution in [3.63, 3.8) is 0 Å². The maximum absolute atomic E-state index is 12.5. The first-order chi connectivity index (χ1) is 15.7. The maximum atomic E-state index is 12.5. The number of halogens is 1. The normalized spacial score (nSPS) is 11.5. The van der Waals surface area contributed by atoms with Crippen LogP contribution in [0.15, 0.2) is 42.5 Å². The quantitative estimate of drug-likeness (QED) is 0.103. The van der Waals surface area contributed by atoms with Gasteiger partial charge < -0.3 is 23.3 Å². The lowest BCUT2D eigenvalue weighted by Crippen LogP contribution is -2.13. The SMILES string of the molecule is CC(C)Oc1cc(Oc2ccc(P(OC(C)C)OC(C)C)cc2)cc(C(=O)OCCSI)c1. The summed E-state index contributed by atoms with van der Waals surface area (Å²) in [5, 5.41) is 0.967. The summed E-state index contributed by atoms with van der Waals surface area (Å²) in [6.07, 6.45) is 0.0752. The fourth-order valence-electron chi connectivity index (χ4n) is 2.64. The van der Waals surface area contributed by atoms with Gasteiger partial charge in [0, 0.05) is 17.1 Å². The van der Waals surface area contributed by atoms with Crippen LogP contribution in [0, 0.1) is 0 Å². The third-order valence-electron chi connectivity index (χ3n) is 3.78. The minimum atomic E-state index is -1.18. The first-order valence-corrected chi connectivity index (χ1v) is 15.5. The van der Waals surface area contributed by atoms with Crippen LogP contribution >= 0.6 is 38.5 Å². The molecule has 2 rings (SSSR count). The van der Waals surface area contributed by atoms with E-state index in [9.17, 15) is 4.79 Å². The van der Waals surface area contributed by atoms with Crippen LogP contribution in [-0.4, -0.2) is 36.6 Å². The summed E-state index contributed by atoms with van der Waals surface area (Å²) in [6.45, 7) is 12.2. The van der Waals surface area contributed by atoms with Gasteiger partial charge in [-0.1, -0.05) is 8.93 Å². The van der Waals surface area contributed by atoms with Crippen LogP contribution in [0.25, 0.3) is 0 Å². The van der Waals surface area contributed by atoms with E-state index in [0.29, 0.717) is 29.4 Å². The lowest BCUT2D eigenvalue weighted by molar-refractivity contribution is 0.0529. The van der Waals surface area contributed by atoms with Gasteiger partial charge in [0.1, 0.15) is 23.9 Å². The highest BCUT2D eigenvalue weighted by Gasteiger charge is 2.18. The Morgan fingerprint density at radius 2 is 1.48 bits per heavy atom. The zero-order valence-electron chi connectivity index (χ0n) is 19.9. The Kier molecular flexibility index (Phi) is 12.3. The summed E-state index contributed by atoms with van der Waals surface area (Å²) < 4.78 is 29.1. The highest BCUT2D eigenvalue weighted by atomic mass is 127. The Morgan fingerprint density at radius 1 is 0.879 bits per heavy atom. The van der Waals surface area contributed by atoms with Gasteiger partial charge in [0.25, 0.3) is 0 Å². The molecule has 6 nitrogen and oxygen atoms in total. The summed E-state index contributed by atoms with van der Waals surface area (Å²) in [6, 6.07) is 12.7. The molecule has 0 saturated heterocycles. The summed E-state index contributed by atoms with van der Waals surface area (Å²) >= 11 is 2.17. The van der Waals surface area contributed by atoms with E-state index in [1.807, 2.05) is 65.8 Å². The number of carbonyl (C=O) groups excluding carboxylic acids is 1. The van der Waals surface area contributed by atoms with Crippen molar-refractivity contribution in [2.24, 2.45) is 0 Å².